The Labute approximate surface area is 82.6 Å². The Kier molecular flexibility index (Phi) is 6.12. The fraction of sp³-hybridized carbons (Fsp3) is 0.375. The number of hydrogen-bond donors (Lipinski definition) is 1. The van der Waals surface area contributed by atoms with Crippen molar-refractivity contribution in [1.82, 2.24) is 9.97 Å². The van der Waals surface area contributed by atoms with Crippen LogP contribution in [0.1, 0.15) is 10.4 Å². The summed E-state index contributed by atoms with van der Waals surface area (Å²) in [6.45, 7) is 0. The largest absolute Gasteiger partial charge is 0.366 e. The van der Waals surface area contributed by atoms with E-state index in [1.807, 2.05) is 0 Å². The summed E-state index contributed by atoms with van der Waals surface area (Å²) in [6.07, 6.45) is 4.08. The van der Waals surface area contributed by atoms with Gasteiger partial charge in [0.2, 0.25) is 0 Å². The van der Waals surface area contributed by atoms with E-state index in [0.29, 0.717) is 5.56 Å². The van der Waals surface area contributed by atoms with Crippen molar-refractivity contribution in [2.45, 2.75) is 17.4 Å². The molecule has 0 fully saturated rings. The Bertz CT molecular complexity index is 248. The van der Waals surface area contributed by atoms with E-state index in [4.69, 9.17) is 5.73 Å². The molecule has 0 saturated heterocycles. The van der Waals surface area contributed by atoms with Crippen LogP contribution in [-0.4, -0.2) is 30.0 Å². The number of hydrogen-bond acceptors (Lipinski definition) is 3. The third-order valence-corrected chi connectivity index (χ3v) is 0.845. The lowest BCUT2D eigenvalue weighted by Gasteiger charge is -1.88. The number of amides is 1. The van der Waals surface area contributed by atoms with E-state index in [9.17, 15) is 4.79 Å². The van der Waals surface area contributed by atoms with Crippen LogP contribution in [0, 0.1) is 0 Å². The topological polar surface area (TPSA) is 68.9 Å². The summed E-state index contributed by atoms with van der Waals surface area (Å²) in [5.74, 6) is 6.41. The van der Waals surface area contributed by atoms with Gasteiger partial charge >= 0.3 is 0 Å². The van der Waals surface area contributed by atoms with Gasteiger partial charge in [0.15, 0.2) is 0 Å². The zero-order valence-corrected chi connectivity index (χ0v) is 9.34. The molecule has 0 atom stereocenters. The van der Waals surface area contributed by atoms with Gasteiger partial charge in [-0.2, -0.15) is 0 Å². The third-order valence-electron chi connectivity index (χ3n) is 0.845. The van der Waals surface area contributed by atoms with Crippen molar-refractivity contribution < 1.29 is 4.79 Å². The predicted molar refractivity (Wildman–Crippen MR) is 53.9 cm³/mol. The van der Waals surface area contributed by atoms with E-state index < -0.39 is 5.91 Å². The molecule has 1 rings (SSSR count). The van der Waals surface area contributed by atoms with Crippen LogP contribution in [0.2, 0.25) is 17.4 Å². The zero-order chi connectivity index (χ0) is 10.3. The minimum Gasteiger partial charge on any atom is -0.366 e. The Morgan fingerprint density at radius 3 is 1.92 bits per heavy atom. The third kappa shape index (κ3) is 7.44. The second-order valence-corrected chi connectivity index (χ2v) is 6.69. The van der Waals surface area contributed by atoms with Gasteiger partial charge in [0.25, 0.3) is 20.1 Å². The maximum absolute atomic E-state index is 10.3. The highest BCUT2D eigenvalue weighted by Crippen LogP contribution is 1.87. The van der Waals surface area contributed by atoms with E-state index in [0.717, 1.165) is 0 Å². The molecule has 5 heteroatoms. The number of aromatic nitrogens is 2. The quantitative estimate of drug-likeness (QED) is 0.678. The smallest absolute Gasteiger partial charge is 0.251 e. The first-order chi connectivity index (χ1) is 6.04. The van der Waals surface area contributed by atoms with Gasteiger partial charge in [-0.3, -0.25) is 4.79 Å². The van der Waals surface area contributed by atoms with E-state index in [2.05, 4.69) is 27.3 Å². The molecule has 0 bridgehead atoms. The summed E-state index contributed by atoms with van der Waals surface area (Å²) in [5.41, 5.74) is 5.23. The average Bonchev–Trinajstić information content (AvgIpc) is 2.05. The summed E-state index contributed by atoms with van der Waals surface area (Å²) in [7, 11) is 0. The van der Waals surface area contributed by atoms with Crippen LogP contribution in [0.4, 0.5) is 0 Å². The van der Waals surface area contributed by atoms with Gasteiger partial charge in [0.1, 0.15) is 6.33 Å². The minimum absolute atomic E-state index is 0.139. The van der Waals surface area contributed by atoms with Crippen molar-refractivity contribution in [2.24, 2.45) is 5.73 Å². The van der Waals surface area contributed by atoms with Gasteiger partial charge in [-0.05, 0) is 0 Å². The lowest BCUT2D eigenvalue weighted by Crippen LogP contribution is -2.11. The predicted octanol–water partition coefficient (Wildman–Crippen LogP) is 0.946. The van der Waals surface area contributed by atoms with Gasteiger partial charge in [-0.25, -0.2) is 9.97 Å². The highest BCUT2D eigenvalue weighted by molar-refractivity contribution is 6.54. The molecule has 0 saturated carbocycles. The van der Waals surface area contributed by atoms with E-state index in [1.54, 1.807) is 0 Å². The molecule has 0 aliphatic heterocycles. The number of rotatable bonds is 1. The molecule has 1 aromatic heterocycles. The maximum Gasteiger partial charge on any atom is 0.251 e. The molecule has 0 aliphatic carbocycles. The molecule has 1 amide bonds. The van der Waals surface area contributed by atoms with Crippen molar-refractivity contribution in [1.29, 1.82) is 0 Å². The summed E-state index contributed by atoms with van der Waals surface area (Å²) in [5, 5.41) is 0. The van der Waals surface area contributed by atoms with Crippen LogP contribution in [0.15, 0.2) is 18.7 Å². The Balaban J connectivity index is 0.000000310. The summed E-state index contributed by atoms with van der Waals surface area (Å²) >= 11 is -0.139. The second-order valence-electron chi connectivity index (χ2n) is 3.22. The first kappa shape index (κ1) is 12.1. The number of carbonyl (C=O) groups is 1. The number of primary amides is 1. The lowest BCUT2D eigenvalue weighted by molar-refractivity contribution is 0.0999. The van der Waals surface area contributed by atoms with Crippen LogP contribution in [0.5, 0.6) is 0 Å². The van der Waals surface area contributed by atoms with Crippen LogP contribution in [0.25, 0.3) is 0 Å². The number of carbonyl (C=O) groups excluding carboxylic acids is 1. The maximum atomic E-state index is 10.3. The normalized spacial score (nSPS) is 8.23. The van der Waals surface area contributed by atoms with Gasteiger partial charge in [-0.1, -0.05) is 0 Å². The van der Waals surface area contributed by atoms with Crippen LogP contribution in [0.3, 0.4) is 0 Å². The van der Waals surface area contributed by atoms with Gasteiger partial charge in [0, 0.05) is 12.4 Å². The average molecular weight is 195 g/mol. The fourth-order valence-electron chi connectivity index (χ4n) is 0.426. The summed E-state index contributed by atoms with van der Waals surface area (Å²) in [4.78, 5) is 17.5. The molecular formula is C8H14AlN3O. The van der Waals surface area contributed by atoms with Gasteiger partial charge in [-0.15, -0.1) is 17.4 Å². The van der Waals surface area contributed by atoms with Crippen LogP contribution >= 0.6 is 0 Å². The molecule has 13 heavy (non-hydrogen) atoms. The zero-order valence-electron chi connectivity index (χ0n) is 8.19. The van der Waals surface area contributed by atoms with Crippen molar-refractivity contribution in [2.75, 3.05) is 0 Å². The van der Waals surface area contributed by atoms with Crippen LogP contribution in [-0.2, 0) is 0 Å². The summed E-state index contributed by atoms with van der Waals surface area (Å²) in [6, 6.07) is 0. The van der Waals surface area contributed by atoms with E-state index in [1.165, 1.54) is 18.7 Å². The first-order valence-corrected chi connectivity index (χ1v) is 7.55. The standard InChI is InChI=1S/C5H5N3O.3CH3.Al/c6-5(9)4-1-7-3-8-2-4;;;;/h1-3H,(H2,6,9);3*1H3;. The van der Waals surface area contributed by atoms with Crippen molar-refractivity contribution in [3.8, 4) is 0 Å². The SMILES string of the molecule is NC(=O)c1cncnc1.[CH3][Al]([CH3])[CH3]. The molecule has 0 unspecified atom stereocenters. The molecule has 0 radical (unpaired) electrons. The van der Waals surface area contributed by atoms with E-state index >= 15 is 0 Å². The highest BCUT2D eigenvalue weighted by atomic mass is 27.2. The molecule has 0 spiro atoms. The van der Waals surface area contributed by atoms with Crippen LogP contribution < -0.4 is 5.73 Å². The van der Waals surface area contributed by atoms with Crippen molar-refractivity contribution >= 4 is 20.1 Å². The monoisotopic (exact) mass is 195 g/mol. The summed E-state index contributed by atoms with van der Waals surface area (Å²) < 4.78 is 0. The fourth-order valence-corrected chi connectivity index (χ4v) is 0.426. The van der Waals surface area contributed by atoms with Gasteiger partial charge < -0.3 is 5.73 Å². The Morgan fingerprint density at radius 1 is 1.31 bits per heavy atom. The van der Waals surface area contributed by atoms with Gasteiger partial charge in [0.05, 0.1) is 5.56 Å². The molecule has 1 aromatic rings. The molecule has 1 heterocycles. The molecule has 4 nitrogen and oxygen atoms in total. The number of nitrogens with zero attached hydrogens (tertiary/aromatic N) is 2. The minimum atomic E-state index is -0.504. The van der Waals surface area contributed by atoms with Crippen molar-refractivity contribution in [3.63, 3.8) is 0 Å². The highest BCUT2D eigenvalue weighted by Gasteiger charge is 1.96. The van der Waals surface area contributed by atoms with Crippen molar-refractivity contribution in [3.05, 3.63) is 24.3 Å². The first-order valence-electron chi connectivity index (χ1n) is 4.08. The molecule has 70 valence electrons. The molecule has 0 aromatic carbocycles. The molecule has 2 N–H and O–H groups in total. The Morgan fingerprint density at radius 2 is 1.69 bits per heavy atom. The second kappa shape index (κ2) is 6.58. The number of nitrogens with two attached hydrogens (primary N) is 1. The lowest BCUT2D eigenvalue weighted by atomic mass is 10.3. The Hall–Kier alpha value is -0.918. The molecule has 0 aliphatic rings. The molecular weight excluding hydrogens is 181 g/mol. The van der Waals surface area contributed by atoms with E-state index in [-0.39, 0.29) is 14.1 Å².